The molecule has 0 saturated carbocycles. The maximum absolute atomic E-state index is 11.7. The summed E-state index contributed by atoms with van der Waals surface area (Å²) in [6.45, 7) is 0.230. The molecule has 0 spiro atoms. The van der Waals surface area contributed by atoms with E-state index in [1.54, 1.807) is 36.4 Å². The number of carbonyl (C=O) groups excluding carboxylic acids is 1. The predicted octanol–water partition coefficient (Wildman–Crippen LogP) is 3.36. The maximum atomic E-state index is 11.7. The number of aromatic carboxylic acids is 1. The molecule has 0 radical (unpaired) electrons. The van der Waals surface area contributed by atoms with Crippen molar-refractivity contribution >= 4 is 29.3 Å². The number of carbonyl (C=O) groups is 2. The molecule has 0 unspecified atom stereocenters. The number of hydrogen-bond donors (Lipinski definition) is 3. The van der Waals surface area contributed by atoms with Crippen LogP contribution in [0.15, 0.2) is 48.5 Å². The van der Waals surface area contributed by atoms with Crippen LogP contribution < -0.4 is 10.6 Å². The molecule has 3 N–H and O–H groups in total. The Morgan fingerprint density at radius 3 is 2.57 bits per heavy atom. The fraction of sp³-hybridized carbons (Fsp3) is 0.0667. The molecule has 0 saturated heterocycles. The molecule has 0 heterocycles. The minimum absolute atomic E-state index is 0.185. The van der Waals surface area contributed by atoms with Gasteiger partial charge in [-0.05, 0) is 35.9 Å². The van der Waals surface area contributed by atoms with Crippen LogP contribution in [0.1, 0.15) is 15.9 Å². The zero-order valence-corrected chi connectivity index (χ0v) is 11.7. The smallest absolute Gasteiger partial charge is 0.335 e. The number of anilines is 1. The Kier molecular flexibility index (Phi) is 4.79. The number of urea groups is 1. The molecule has 0 aromatic heterocycles. The van der Waals surface area contributed by atoms with Crippen molar-refractivity contribution in [1.29, 1.82) is 0 Å². The van der Waals surface area contributed by atoms with Crippen LogP contribution in [-0.2, 0) is 6.54 Å². The molecule has 6 heteroatoms. The van der Waals surface area contributed by atoms with Gasteiger partial charge >= 0.3 is 12.0 Å². The van der Waals surface area contributed by atoms with Crippen LogP contribution in [0.3, 0.4) is 0 Å². The van der Waals surface area contributed by atoms with Crippen molar-refractivity contribution in [2.24, 2.45) is 0 Å². The van der Waals surface area contributed by atoms with E-state index in [0.717, 1.165) is 0 Å². The standard InChI is InChI=1S/C15H13ClN2O3/c16-12-5-2-6-13(8-12)18-15(21)17-9-10-3-1-4-11(7-10)14(19)20/h1-8H,9H2,(H,19,20)(H2,17,18,21). The summed E-state index contributed by atoms with van der Waals surface area (Å²) in [5.74, 6) is -1.000. The number of benzene rings is 2. The van der Waals surface area contributed by atoms with Crippen molar-refractivity contribution < 1.29 is 14.7 Å². The second-order valence-electron chi connectivity index (χ2n) is 4.32. The van der Waals surface area contributed by atoms with Crippen LogP contribution in [0.4, 0.5) is 10.5 Å². The van der Waals surface area contributed by atoms with Crippen molar-refractivity contribution in [1.82, 2.24) is 5.32 Å². The molecule has 0 aliphatic rings. The average Bonchev–Trinajstić information content (AvgIpc) is 2.45. The first-order chi connectivity index (χ1) is 10.0. The van der Waals surface area contributed by atoms with E-state index in [0.29, 0.717) is 16.3 Å². The number of halogens is 1. The summed E-state index contributed by atoms with van der Waals surface area (Å²) in [7, 11) is 0. The highest BCUT2D eigenvalue weighted by molar-refractivity contribution is 6.30. The van der Waals surface area contributed by atoms with E-state index in [1.165, 1.54) is 12.1 Å². The number of carboxylic acid groups (broad SMARTS) is 1. The summed E-state index contributed by atoms with van der Waals surface area (Å²) >= 11 is 5.82. The lowest BCUT2D eigenvalue weighted by molar-refractivity contribution is 0.0696. The van der Waals surface area contributed by atoms with Crippen molar-refractivity contribution in [2.45, 2.75) is 6.54 Å². The summed E-state index contributed by atoms with van der Waals surface area (Å²) in [5.41, 5.74) is 1.47. The van der Waals surface area contributed by atoms with Gasteiger partial charge in [-0.3, -0.25) is 0 Å². The van der Waals surface area contributed by atoms with Crippen LogP contribution in [0, 0.1) is 0 Å². The summed E-state index contributed by atoms with van der Waals surface area (Å²) < 4.78 is 0. The van der Waals surface area contributed by atoms with Gasteiger partial charge in [0, 0.05) is 17.3 Å². The molecular formula is C15H13ClN2O3. The maximum Gasteiger partial charge on any atom is 0.335 e. The zero-order chi connectivity index (χ0) is 15.2. The third kappa shape index (κ3) is 4.50. The molecule has 0 atom stereocenters. The Bertz CT molecular complexity index is 673. The first-order valence-corrected chi connectivity index (χ1v) is 6.55. The van der Waals surface area contributed by atoms with E-state index in [4.69, 9.17) is 16.7 Å². The van der Waals surface area contributed by atoms with Crippen LogP contribution in [0.5, 0.6) is 0 Å². The van der Waals surface area contributed by atoms with E-state index in [1.807, 2.05) is 0 Å². The number of carboxylic acids is 1. The van der Waals surface area contributed by atoms with Crippen molar-refractivity contribution in [2.75, 3.05) is 5.32 Å². The molecular weight excluding hydrogens is 292 g/mol. The van der Waals surface area contributed by atoms with Gasteiger partial charge in [0.1, 0.15) is 0 Å². The minimum atomic E-state index is -1.000. The van der Waals surface area contributed by atoms with Crippen molar-refractivity contribution in [3.8, 4) is 0 Å². The number of rotatable bonds is 4. The summed E-state index contributed by atoms with van der Waals surface area (Å²) in [6, 6.07) is 12.8. The van der Waals surface area contributed by atoms with Crippen LogP contribution in [0.2, 0.25) is 5.02 Å². The third-order valence-corrected chi connectivity index (χ3v) is 2.94. The quantitative estimate of drug-likeness (QED) is 0.810. The fourth-order valence-electron chi connectivity index (χ4n) is 1.74. The molecule has 2 rings (SSSR count). The van der Waals surface area contributed by atoms with Gasteiger partial charge in [0.05, 0.1) is 5.56 Å². The lowest BCUT2D eigenvalue weighted by Gasteiger charge is -2.08. The van der Waals surface area contributed by atoms with Gasteiger partial charge in [-0.2, -0.15) is 0 Å². The molecule has 2 aromatic rings. The van der Waals surface area contributed by atoms with E-state index in [2.05, 4.69) is 10.6 Å². The number of nitrogens with one attached hydrogen (secondary N) is 2. The zero-order valence-electron chi connectivity index (χ0n) is 11.0. The predicted molar refractivity (Wildman–Crippen MR) is 80.7 cm³/mol. The summed E-state index contributed by atoms with van der Waals surface area (Å²) in [4.78, 5) is 22.6. The number of hydrogen-bond acceptors (Lipinski definition) is 2. The highest BCUT2D eigenvalue weighted by Crippen LogP contribution is 2.14. The number of amides is 2. The third-order valence-electron chi connectivity index (χ3n) is 2.71. The lowest BCUT2D eigenvalue weighted by atomic mass is 10.1. The van der Waals surface area contributed by atoms with Gasteiger partial charge in [-0.25, -0.2) is 9.59 Å². The monoisotopic (exact) mass is 304 g/mol. The lowest BCUT2D eigenvalue weighted by Crippen LogP contribution is -2.28. The van der Waals surface area contributed by atoms with Gasteiger partial charge in [0.2, 0.25) is 0 Å². The van der Waals surface area contributed by atoms with Crippen molar-refractivity contribution in [3.05, 3.63) is 64.7 Å². The van der Waals surface area contributed by atoms with Gasteiger partial charge in [0.25, 0.3) is 0 Å². The fourth-order valence-corrected chi connectivity index (χ4v) is 1.93. The molecule has 2 amide bonds. The average molecular weight is 305 g/mol. The Morgan fingerprint density at radius 2 is 1.86 bits per heavy atom. The van der Waals surface area contributed by atoms with Gasteiger partial charge < -0.3 is 15.7 Å². The summed E-state index contributed by atoms with van der Waals surface area (Å²) in [6.07, 6.45) is 0. The molecule has 0 fully saturated rings. The SMILES string of the molecule is O=C(NCc1cccc(C(=O)O)c1)Nc1cccc(Cl)c1. The minimum Gasteiger partial charge on any atom is -0.478 e. The second kappa shape index (κ2) is 6.76. The Hall–Kier alpha value is -2.53. The van der Waals surface area contributed by atoms with E-state index >= 15 is 0 Å². The van der Waals surface area contributed by atoms with Gasteiger partial charge in [0.15, 0.2) is 0 Å². The molecule has 5 nitrogen and oxygen atoms in total. The normalized spacial score (nSPS) is 9.95. The topological polar surface area (TPSA) is 78.4 Å². The van der Waals surface area contributed by atoms with Crippen LogP contribution in [-0.4, -0.2) is 17.1 Å². The van der Waals surface area contributed by atoms with Crippen molar-refractivity contribution in [3.63, 3.8) is 0 Å². The Labute approximate surface area is 126 Å². The molecule has 21 heavy (non-hydrogen) atoms. The molecule has 0 bridgehead atoms. The highest BCUT2D eigenvalue weighted by Gasteiger charge is 2.05. The van der Waals surface area contributed by atoms with Crippen LogP contribution in [0.25, 0.3) is 0 Å². The molecule has 0 aliphatic heterocycles. The molecule has 2 aromatic carbocycles. The second-order valence-corrected chi connectivity index (χ2v) is 4.76. The van der Waals surface area contributed by atoms with E-state index in [9.17, 15) is 9.59 Å². The largest absolute Gasteiger partial charge is 0.478 e. The van der Waals surface area contributed by atoms with Gasteiger partial charge in [-0.15, -0.1) is 0 Å². The Balaban J connectivity index is 1.92. The molecule has 108 valence electrons. The van der Waals surface area contributed by atoms with Crippen LogP contribution >= 0.6 is 11.6 Å². The Morgan fingerprint density at radius 1 is 1.10 bits per heavy atom. The first kappa shape index (κ1) is 14.9. The first-order valence-electron chi connectivity index (χ1n) is 6.17. The van der Waals surface area contributed by atoms with Gasteiger partial charge in [-0.1, -0.05) is 29.8 Å². The van der Waals surface area contributed by atoms with E-state index in [-0.39, 0.29) is 12.1 Å². The van der Waals surface area contributed by atoms with E-state index < -0.39 is 12.0 Å². The highest BCUT2D eigenvalue weighted by atomic mass is 35.5. The molecule has 0 aliphatic carbocycles. The summed E-state index contributed by atoms with van der Waals surface area (Å²) in [5, 5.41) is 14.7.